The summed E-state index contributed by atoms with van der Waals surface area (Å²) in [5, 5.41) is 8.74. The summed E-state index contributed by atoms with van der Waals surface area (Å²) in [4.78, 5) is 14.4. The molecule has 4 heteroatoms. The van der Waals surface area contributed by atoms with Crippen LogP contribution in [0.2, 0.25) is 0 Å². The van der Waals surface area contributed by atoms with E-state index in [4.69, 9.17) is 9.52 Å². The lowest BCUT2D eigenvalue weighted by Gasteiger charge is -1.87. The quantitative estimate of drug-likeness (QED) is 0.698. The number of hydrogen-bond donors (Lipinski definition) is 1. The number of aliphatic hydroxyl groups excluding tert-OH is 1. The summed E-state index contributed by atoms with van der Waals surface area (Å²) in [6.07, 6.45) is 0.737. The number of oxazole rings is 1. The Morgan fingerprint density at radius 1 is 1.54 bits per heavy atom. The van der Waals surface area contributed by atoms with E-state index in [1.807, 2.05) is 0 Å². The number of carbonyl (C=O) groups excluding carboxylic acids is 1. The molecule has 1 N–H and O–H groups in total. The minimum absolute atomic E-state index is 0.231. The molecule has 0 spiro atoms. The van der Waals surface area contributed by atoms with Crippen molar-refractivity contribution in [1.82, 2.24) is 4.98 Å². The molecule has 0 atom stereocenters. The Bertz CT molecular complexity index is 447. The molecule has 0 aliphatic carbocycles. The van der Waals surface area contributed by atoms with Crippen molar-refractivity contribution in [1.29, 1.82) is 0 Å². The average Bonchev–Trinajstić information content (AvgIpc) is 2.58. The van der Waals surface area contributed by atoms with Gasteiger partial charge in [-0.15, -0.1) is 0 Å². The summed E-state index contributed by atoms with van der Waals surface area (Å²) in [5.41, 5.74) is 1.71. The normalized spacial score (nSPS) is 10.5. The lowest BCUT2D eigenvalue weighted by Crippen LogP contribution is -1.79. The standard InChI is InChI=1S/C9H7NO3/c11-4-6-1-2-7-8(3-6)13-9(5-12)10-7/h1-4,12H,5H2. The molecule has 0 fully saturated rings. The Morgan fingerprint density at radius 3 is 3.08 bits per heavy atom. The van der Waals surface area contributed by atoms with Gasteiger partial charge in [0.1, 0.15) is 18.4 Å². The molecule has 2 aromatic rings. The van der Waals surface area contributed by atoms with Gasteiger partial charge in [0.2, 0.25) is 5.89 Å². The number of aromatic nitrogens is 1. The largest absolute Gasteiger partial charge is 0.438 e. The van der Waals surface area contributed by atoms with Crippen molar-refractivity contribution in [3.63, 3.8) is 0 Å². The van der Waals surface area contributed by atoms with Gasteiger partial charge in [-0.05, 0) is 18.2 Å². The zero-order valence-corrected chi connectivity index (χ0v) is 6.73. The minimum atomic E-state index is -0.231. The van der Waals surface area contributed by atoms with Crippen LogP contribution in [0.15, 0.2) is 22.6 Å². The van der Waals surface area contributed by atoms with Crippen molar-refractivity contribution in [3.05, 3.63) is 29.7 Å². The van der Waals surface area contributed by atoms with Crippen LogP contribution in [0.25, 0.3) is 11.1 Å². The lowest BCUT2D eigenvalue weighted by atomic mass is 10.2. The minimum Gasteiger partial charge on any atom is -0.438 e. The molecule has 1 aromatic carbocycles. The van der Waals surface area contributed by atoms with E-state index in [0.717, 1.165) is 6.29 Å². The summed E-state index contributed by atoms with van der Waals surface area (Å²) >= 11 is 0. The molecular weight excluding hydrogens is 170 g/mol. The lowest BCUT2D eigenvalue weighted by molar-refractivity contribution is 0.112. The summed E-state index contributed by atoms with van der Waals surface area (Å²) < 4.78 is 5.14. The van der Waals surface area contributed by atoms with E-state index < -0.39 is 0 Å². The Balaban J connectivity index is 2.63. The van der Waals surface area contributed by atoms with E-state index in [0.29, 0.717) is 16.7 Å². The topological polar surface area (TPSA) is 63.3 Å². The summed E-state index contributed by atoms with van der Waals surface area (Å²) in [6.45, 7) is -0.231. The number of aldehydes is 1. The first kappa shape index (κ1) is 7.94. The molecule has 0 aliphatic heterocycles. The molecule has 0 radical (unpaired) electrons. The maximum atomic E-state index is 10.4. The van der Waals surface area contributed by atoms with Crippen LogP contribution in [0.3, 0.4) is 0 Å². The van der Waals surface area contributed by atoms with Gasteiger partial charge in [-0.25, -0.2) is 4.98 Å². The van der Waals surface area contributed by atoms with Crippen molar-refractivity contribution < 1.29 is 14.3 Å². The molecule has 1 aromatic heterocycles. The smallest absolute Gasteiger partial charge is 0.221 e. The fraction of sp³-hybridized carbons (Fsp3) is 0.111. The molecule has 1 heterocycles. The molecular formula is C9H7NO3. The van der Waals surface area contributed by atoms with Crippen LogP contribution in [0.1, 0.15) is 16.2 Å². The Morgan fingerprint density at radius 2 is 2.38 bits per heavy atom. The van der Waals surface area contributed by atoms with Crippen LogP contribution < -0.4 is 0 Å². The molecule has 13 heavy (non-hydrogen) atoms. The van der Waals surface area contributed by atoms with Gasteiger partial charge in [0, 0.05) is 5.56 Å². The molecule has 2 rings (SSSR count). The predicted octanol–water partition coefficient (Wildman–Crippen LogP) is 1.13. The van der Waals surface area contributed by atoms with Crippen LogP contribution in [0.5, 0.6) is 0 Å². The van der Waals surface area contributed by atoms with E-state index >= 15 is 0 Å². The molecule has 66 valence electrons. The van der Waals surface area contributed by atoms with Crippen molar-refractivity contribution in [2.75, 3.05) is 0 Å². The zero-order valence-electron chi connectivity index (χ0n) is 6.73. The van der Waals surface area contributed by atoms with E-state index in [-0.39, 0.29) is 12.5 Å². The molecule has 0 aliphatic rings. The average molecular weight is 177 g/mol. The highest BCUT2D eigenvalue weighted by Crippen LogP contribution is 2.16. The summed E-state index contributed by atoms with van der Waals surface area (Å²) in [6, 6.07) is 4.93. The number of hydrogen-bond acceptors (Lipinski definition) is 4. The highest BCUT2D eigenvalue weighted by atomic mass is 16.4. The van der Waals surface area contributed by atoms with Gasteiger partial charge >= 0.3 is 0 Å². The van der Waals surface area contributed by atoms with Crippen molar-refractivity contribution in [2.45, 2.75) is 6.61 Å². The van der Waals surface area contributed by atoms with Gasteiger partial charge in [-0.2, -0.15) is 0 Å². The second-order valence-electron chi connectivity index (χ2n) is 2.61. The number of benzene rings is 1. The molecule has 0 saturated carbocycles. The highest BCUT2D eigenvalue weighted by Gasteiger charge is 2.04. The number of aliphatic hydroxyl groups is 1. The van der Waals surface area contributed by atoms with Gasteiger partial charge in [0.25, 0.3) is 0 Å². The third kappa shape index (κ3) is 1.31. The van der Waals surface area contributed by atoms with Crippen LogP contribution in [-0.2, 0) is 6.61 Å². The fourth-order valence-electron chi connectivity index (χ4n) is 1.13. The SMILES string of the molecule is O=Cc1ccc2nc(CO)oc2c1. The second kappa shape index (κ2) is 2.99. The number of carbonyl (C=O) groups is 1. The van der Waals surface area contributed by atoms with Crippen molar-refractivity contribution in [3.8, 4) is 0 Å². The van der Waals surface area contributed by atoms with E-state index in [1.54, 1.807) is 18.2 Å². The first-order valence-electron chi connectivity index (χ1n) is 3.79. The molecule has 0 unspecified atom stereocenters. The second-order valence-corrected chi connectivity index (χ2v) is 2.61. The molecule has 4 nitrogen and oxygen atoms in total. The van der Waals surface area contributed by atoms with E-state index in [2.05, 4.69) is 4.98 Å². The Hall–Kier alpha value is -1.68. The number of fused-ring (bicyclic) bond motifs is 1. The summed E-state index contributed by atoms with van der Waals surface area (Å²) in [5.74, 6) is 0.262. The van der Waals surface area contributed by atoms with E-state index in [1.165, 1.54) is 0 Å². The van der Waals surface area contributed by atoms with Crippen molar-refractivity contribution >= 4 is 17.4 Å². The maximum absolute atomic E-state index is 10.4. The first-order chi connectivity index (χ1) is 6.33. The van der Waals surface area contributed by atoms with Gasteiger partial charge in [0.15, 0.2) is 5.58 Å². The summed E-state index contributed by atoms with van der Waals surface area (Å²) in [7, 11) is 0. The third-order valence-electron chi connectivity index (χ3n) is 1.73. The molecule has 0 bridgehead atoms. The number of rotatable bonds is 2. The van der Waals surface area contributed by atoms with Crippen LogP contribution in [0.4, 0.5) is 0 Å². The van der Waals surface area contributed by atoms with Crippen LogP contribution in [0, 0.1) is 0 Å². The van der Waals surface area contributed by atoms with Gasteiger partial charge in [-0.1, -0.05) is 0 Å². The van der Waals surface area contributed by atoms with Gasteiger partial charge in [-0.3, -0.25) is 4.79 Å². The van der Waals surface area contributed by atoms with Crippen molar-refractivity contribution in [2.24, 2.45) is 0 Å². The van der Waals surface area contributed by atoms with E-state index in [9.17, 15) is 4.79 Å². The van der Waals surface area contributed by atoms with Gasteiger partial charge in [0.05, 0.1) is 0 Å². The molecule has 0 saturated heterocycles. The van der Waals surface area contributed by atoms with Crippen LogP contribution >= 0.6 is 0 Å². The molecule has 0 amide bonds. The predicted molar refractivity (Wildman–Crippen MR) is 45.3 cm³/mol. The Labute approximate surface area is 73.8 Å². The maximum Gasteiger partial charge on any atom is 0.221 e. The monoisotopic (exact) mass is 177 g/mol. The first-order valence-corrected chi connectivity index (χ1v) is 3.79. The van der Waals surface area contributed by atoms with Gasteiger partial charge < -0.3 is 9.52 Å². The number of nitrogens with zero attached hydrogens (tertiary/aromatic N) is 1. The third-order valence-corrected chi connectivity index (χ3v) is 1.73. The Kier molecular flexibility index (Phi) is 1.83. The zero-order chi connectivity index (χ0) is 9.26. The van der Waals surface area contributed by atoms with Crippen LogP contribution in [-0.4, -0.2) is 16.4 Å². The fourth-order valence-corrected chi connectivity index (χ4v) is 1.13. The highest BCUT2D eigenvalue weighted by molar-refractivity contribution is 5.83.